The van der Waals surface area contributed by atoms with Crippen LogP contribution in [0.25, 0.3) is 10.9 Å². The van der Waals surface area contributed by atoms with E-state index in [4.69, 9.17) is 0 Å². The number of likely N-dealkylation sites (tertiary alicyclic amines) is 1. The maximum Gasteiger partial charge on any atom is 0.152 e. The summed E-state index contributed by atoms with van der Waals surface area (Å²) in [6, 6.07) is 6.88. The smallest absolute Gasteiger partial charge is 0.152 e. The Balaban J connectivity index is 1.27. The van der Waals surface area contributed by atoms with Gasteiger partial charge in [0.2, 0.25) is 0 Å². The van der Waals surface area contributed by atoms with Crippen molar-refractivity contribution in [1.29, 1.82) is 0 Å². The van der Waals surface area contributed by atoms with E-state index < -0.39 is 0 Å². The van der Waals surface area contributed by atoms with Gasteiger partial charge >= 0.3 is 0 Å². The van der Waals surface area contributed by atoms with Crippen LogP contribution in [0.2, 0.25) is 0 Å². The van der Waals surface area contributed by atoms with Gasteiger partial charge in [0.25, 0.3) is 0 Å². The molecule has 0 amide bonds. The molecule has 1 aromatic heterocycles. The standard InChI is InChI=1S/C21H28N4O/c1-15-7-8-20-19(9-15)21(24-14-23-20)22-11-18(26)10-16-12-25(13-16)17-5-3-2-4-6-17/h7-9,14,16-17H,2-6,10-13H2,1H3,(H,22,23,24). The fourth-order valence-electron chi connectivity index (χ4n) is 4.37. The van der Waals surface area contributed by atoms with Crippen LogP contribution in [-0.2, 0) is 4.79 Å². The Hall–Kier alpha value is -2.01. The van der Waals surface area contributed by atoms with E-state index >= 15 is 0 Å². The Morgan fingerprint density at radius 1 is 1.19 bits per heavy atom. The van der Waals surface area contributed by atoms with Crippen LogP contribution in [0.1, 0.15) is 44.1 Å². The molecule has 0 unspecified atom stereocenters. The normalized spacial score (nSPS) is 19.4. The van der Waals surface area contributed by atoms with Gasteiger partial charge in [0.1, 0.15) is 12.1 Å². The molecule has 2 aliphatic rings. The van der Waals surface area contributed by atoms with Crippen LogP contribution in [0.4, 0.5) is 5.82 Å². The predicted molar refractivity (Wildman–Crippen MR) is 104 cm³/mol. The Morgan fingerprint density at radius 3 is 2.81 bits per heavy atom. The summed E-state index contributed by atoms with van der Waals surface area (Å²) in [5.74, 6) is 1.57. The van der Waals surface area contributed by atoms with Crippen molar-refractivity contribution in [2.45, 2.75) is 51.5 Å². The van der Waals surface area contributed by atoms with E-state index in [0.717, 1.165) is 35.9 Å². The molecule has 1 aromatic carbocycles. The van der Waals surface area contributed by atoms with Crippen LogP contribution < -0.4 is 5.32 Å². The van der Waals surface area contributed by atoms with E-state index in [2.05, 4.69) is 33.2 Å². The summed E-state index contributed by atoms with van der Waals surface area (Å²) in [5, 5.41) is 4.21. The predicted octanol–water partition coefficient (Wildman–Crippen LogP) is 3.57. The molecule has 2 fully saturated rings. The molecule has 0 bridgehead atoms. The number of nitrogens with zero attached hydrogens (tertiary/aromatic N) is 3. The van der Waals surface area contributed by atoms with Crippen molar-refractivity contribution in [3.05, 3.63) is 30.1 Å². The van der Waals surface area contributed by atoms with Crippen LogP contribution >= 0.6 is 0 Å². The molecule has 1 aliphatic heterocycles. The monoisotopic (exact) mass is 352 g/mol. The third-order valence-electron chi connectivity index (χ3n) is 5.84. The summed E-state index contributed by atoms with van der Waals surface area (Å²) in [4.78, 5) is 23.6. The summed E-state index contributed by atoms with van der Waals surface area (Å²) in [6.07, 6.45) is 9.08. The first-order valence-corrected chi connectivity index (χ1v) is 9.90. The zero-order valence-corrected chi connectivity index (χ0v) is 15.6. The summed E-state index contributed by atoms with van der Waals surface area (Å²) in [7, 11) is 0. The maximum absolute atomic E-state index is 12.4. The lowest BCUT2D eigenvalue weighted by atomic mass is 9.87. The van der Waals surface area contributed by atoms with Crippen molar-refractivity contribution in [1.82, 2.24) is 14.9 Å². The van der Waals surface area contributed by atoms with Gasteiger partial charge in [0, 0.05) is 30.9 Å². The number of carbonyl (C=O) groups excluding carboxylic acids is 1. The molecule has 138 valence electrons. The number of rotatable bonds is 6. The number of carbonyl (C=O) groups is 1. The lowest BCUT2D eigenvalue weighted by Crippen LogP contribution is -2.53. The van der Waals surface area contributed by atoms with E-state index in [9.17, 15) is 4.79 Å². The minimum atomic E-state index is 0.276. The molecule has 1 aliphatic carbocycles. The van der Waals surface area contributed by atoms with Gasteiger partial charge in [-0.05, 0) is 37.8 Å². The number of nitrogens with one attached hydrogen (secondary N) is 1. The van der Waals surface area contributed by atoms with Crippen molar-refractivity contribution < 1.29 is 4.79 Å². The SMILES string of the molecule is Cc1ccc2ncnc(NCC(=O)CC3CN(C4CCCCC4)C3)c2c1. The summed E-state index contributed by atoms with van der Waals surface area (Å²) >= 11 is 0. The summed E-state index contributed by atoms with van der Waals surface area (Å²) in [6.45, 7) is 4.61. The fraction of sp³-hybridized carbons (Fsp3) is 0.571. The quantitative estimate of drug-likeness (QED) is 0.861. The molecule has 1 N–H and O–H groups in total. The van der Waals surface area contributed by atoms with Gasteiger partial charge < -0.3 is 5.32 Å². The second-order valence-corrected chi connectivity index (χ2v) is 7.95. The third-order valence-corrected chi connectivity index (χ3v) is 5.84. The summed E-state index contributed by atoms with van der Waals surface area (Å²) < 4.78 is 0. The van der Waals surface area contributed by atoms with Crippen LogP contribution in [0.15, 0.2) is 24.5 Å². The zero-order valence-electron chi connectivity index (χ0n) is 15.6. The highest BCUT2D eigenvalue weighted by Crippen LogP contribution is 2.30. The van der Waals surface area contributed by atoms with Crippen molar-refractivity contribution in [3.63, 3.8) is 0 Å². The van der Waals surface area contributed by atoms with Crippen molar-refractivity contribution >= 4 is 22.5 Å². The van der Waals surface area contributed by atoms with Crippen LogP contribution in [-0.4, -0.2) is 46.3 Å². The largest absolute Gasteiger partial charge is 0.362 e. The molecule has 2 aromatic rings. The van der Waals surface area contributed by atoms with Gasteiger partial charge in [-0.25, -0.2) is 9.97 Å². The highest BCUT2D eigenvalue weighted by molar-refractivity contribution is 5.91. The van der Waals surface area contributed by atoms with E-state index in [1.54, 1.807) is 6.33 Å². The number of fused-ring (bicyclic) bond motifs is 1. The molecule has 5 heteroatoms. The lowest BCUT2D eigenvalue weighted by molar-refractivity contribution is -0.120. The van der Waals surface area contributed by atoms with Gasteiger partial charge in [-0.15, -0.1) is 0 Å². The van der Waals surface area contributed by atoms with Crippen molar-refractivity contribution in [2.75, 3.05) is 25.0 Å². The minimum absolute atomic E-state index is 0.276. The molecule has 4 rings (SSSR count). The molecular weight excluding hydrogens is 324 g/mol. The number of aromatic nitrogens is 2. The molecular formula is C21H28N4O. The number of anilines is 1. The van der Waals surface area contributed by atoms with Gasteiger partial charge in [-0.3, -0.25) is 9.69 Å². The molecule has 0 spiro atoms. The van der Waals surface area contributed by atoms with E-state index in [1.807, 2.05) is 12.1 Å². The Kier molecular flexibility index (Phi) is 5.16. The number of hydrogen-bond donors (Lipinski definition) is 1. The fourth-order valence-corrected chi connectivity index (χ4v) is 4.37. The molecule has 5 nitrogen and oxygen atoms in total. The lowest BCUT2D eigenvalue weighted by Gasteiger charge is -2.45. The molecule has 1 saturated heterocycles. The number of benzene rings is 1. The molecule has 0 atom stereocenters. The molecule has 1 saturated carbocycles. The molecule has 26 heavy (non-hydrogen) atoms. The van der Waals surface area contributed by atoms with E-state index in [0.29, 0.717) is 18.9 Å². The average molecular weight is 352 g/mol. The van der Waals surface area contributed by atoms with Gasteiger partial charge in [0.15, 0.2) is 5.78 Å². The van der Waals surface area contributed by atoms with Crippen LogP contribution in [0.3, 0.4) is 0 Å². The average Bonchev–Trinajstić information content (AvgIpc) is 2.63. The minimum Gasteiger partial charge on any atom is -0.362 e. The molecule has 0 radical (unpaired) electrons. The third kappa shape index (κ3) is 3.88. The zero-order chi connectivity index (χ0) is 17.9. The molecule has 2 heterocycles. The summed E-state index contributed by atoms with van der Waals surface area (Å²) in [5.41, 5.74) is 2.07. The number of aryl methyl sites for hydroxylation is 1. The number of hydrogen-bond acceptors (Lipinski definition) is 5. The van der Waals surface area contributed by atoms with Gasteiger partial charge in [0.05, 0.1) is 12.1 Å². The first-order chi connectivity index (χ1) is 12.7. The van der Waals surface area contributed by atoms with Gasteiger partial charge in [-0.2, -0.15) is 0 Å². The van der Waals surface area contributed by atoms with Gasteiger partial charge in [-0.1, -0.05) is 30.9 Å². The first kappa shape index (κ1) is 17.4. The highest BCUT2D eigenvalue weighted by atomic mass is 16.1. The number of ketones is 1. The van der Waals surface area contributed by atoms with Crippen LogP contribution in [0.5, 0.6) is 0 Å². The van der Waals surface area contributed by atoms with E-state index in [1.165, 1.54) is 37.7 Å². The Labute approximate surface area is 155 Å². The topological polar surface area (TPSA) is 58.1 Å². The second-order valence-electron chi connectivity index (χ2n) is 7.95. The number of Topliss-reactive ketones (excluding diaryl/α,β-unsaturated/α-hetero) is 1. The first-order valence-electron chi connectivity index (χ1n) is 9.90. The Morgan fingerprint density at radius 2 is 2.00 bits per heavy atom. The highest BCUT2D eigenvalue weighted by Gasteiger charge is 2.33. The van der Waals surface area contributed by atoms with Crippen LogP contribution in [0, 0.1) is 12.8 Å². The van der Waals surface area contributed by atoms with E-state index in [-0.39, 0.29) is 5.78 Å². The maximum atomic E-state index is 12.4. The van der Waals surface area contributed by atoms with Crippen molar-refractivity contribution in [2.24, 2.45) is 5.92 Å². The second kappa shape index (κ2) is 7.70. The Bertz CT molecular complexity index is 779. The van der Waals surface area contributed by atoms with Crippen molar-refractivity contribution in [3.8, 4) is 0 Å².